The van der Waals surface area contributed by atoms with Crippen molar-refractivity contribution >= 4 is 51.0 Å². The Morgan fingerprint density at radius 1 is 0.544 bits per heavy atom. The molecule has 12 heteroatoms. The van der Waals surface area contributed by atoms with E-state index in [1.54, 1.807) is 37.3 Å². The van der Waals surface area contributed by atoms with Gasteiger partial charge in [-0.3, -0.25) is 19.3 Å². The average Bonchev–Trinajstić information content (AvgIpc) is 1.64. The molecule has 1 aliphatic heterocycles. The lowest BCUT2D eigenvalue weighted by atomic mass is 9.96. The van der Waals surface area contributed by atoms with E-state index in [-0.39, 0.29) is 42.6 Å². The highest BCUT2D eigenvalue weighted by molar-refractivity contribution is 7.22. The summed E-state index contributed by atoms with van der Waals surface area (Å²) in [5, 5.41) is 16.3. The van der Waals surface area contributed by atoms with Crippen molar-refractivity contribution in [2.75, 3.05) is 26.2 Å². The normalized spacial score (nSPS) is 14.4. The lowest BCUT2D eigenvalue weighted by Gasteiger charge is -2.26. The number of carboxylic acids is 1. The summed E-state index contributed by atoms with van der Waals surface area (Å²) in [7, 11) is 0. The van der Waals surface area contributed by atoms with Gasteiger partial charge in [-0.05, 0) is 176 Å². The SMILES string of the molecule is CC/C=C\C/C=C\C/C=C\C/C=C\C/C=C\C/C=C\CCC(=O)N[C@@H](C)C(=O)Oc1ccc2c(C(=O)c3ccc(OCCN4CCCCC4)cc3)c(-c3ccc(C[C@H](NC(=O)CC/C=C\C/C=C\C/C=C\C/C=C\C/C=C\C/C=C\CC)C(=O)O)cc3)sc2c1. The first-order valence-electron chi connectivity index (χ1n) is 32.5. The van der Waals surface area contributed by atoms with E-state index in [0.717, 1.165) is 102 Å². The van der Waals surface area contributed by atoms with E-state index in [4.69, 9.17) is 9.47 Å². The Kier molecular flexibility index (Phi) is 36.4. The molecule has 90 heavy (non-hydrogen) atoms. The maximum atomic E-state index is 14.7. The fourth-order valence-electron chi connectivity index (χ4n) is 9.67. The summed E-state index contributed by atoms with van der Waals surface area (Å²) in [6.07, 6.45) is 67.4. The number of esters is 1. The van der Waals surface area contributed by atoms with Gasteiger partial charge in [0.05, 0.1) is 0 Å². The van der Waals surface area contributed by atoms with Gasteiger partial charge in [0.25, 0.3) is 0 Å². The first-order chi connectivity index (χ1) is 44.1. The van der Waals surface area contributed by atoms with Gasteiger partial charge in [-0.15, -0.1) is 11.3 Å². The number of ether oxygens (including phenoxy) is 2. The quantitative estimate of drug-likeness (QED) is 0.0170. The van der Waals surface area contributed by atoms with Crippen molar-refractivity contribution in [1.82, 2.24) is 15.5 Å². The fourth-order valence-corrected chi connectivity index (χ4v) is 10.9. The van der Waals surface area contributed by atoms with Gasteiger partial charge in [-0.25, -0.2) is 9.59 Å². The minimum atomic E-state index is -1.14. The number of allylic oxidation sites excluding steroid dienone is 24. The molecule has 0 radical (unpaired) electrons. The second-order valence-electron chi connectivity index (χ2n) is 22.0. The third kappa shape index (κ3) is 29.9. The Morgan fingerprint density at radius 3 is 1.46 bits per heavy atom. The highest BCUT2D eigenvalue weighted by atomic mass is 32.1. The summed E-state index contributed by atoms with van der Waals surface area (Å²) in [6.45, 7) is 9.43. The molecular weight excluding hydrogens is 1140 g/mol. The Morgan fingerprint density at radius 2 is 0.989 bits per heavy atom. The second kappa shape index (κ2) is 45.1. The summed E-state index contributed by atoms with van der Waals surface area (Å²) in [5.74, 6) is -1.64. The van der Waals surface area contributed by atoms with Crippen LogP contribution in [-0.4, -0.2) is 77.9 Å². The minimum Gasteiger partial charge on any atom is -0.492 e. The first-order valence-corrected chi connectivity index (χ1v) is 33.4. The first kappa shape index (κ1) is 72.6. The van der Waals surface area contributed by atoms with Gasteiger partial charge in [0.2, 0.25) is 11.8 Å². The molecule has 2 amide bonds. The van der Waals surface area contributed by atoms with Crippen molar-refractivity contribution in [1.29, 1.82) is 0 Å². The van der Waals surface area contributed by atoms with Gasteiger partial charge >= 0.3 is 11.9 Å². The number of hydrogen-bond acceptors (Lipinski definition) is 9. The molecule has 478 valence electrons. The van der Waals surface area contributed by atoms with Crippen LogP contribution >= 0.6 is 11.3 Å². The molecule has 1 fully saturated rings. The number of aliphatic carboxylic acids is 1. The van der Waals surface area contributed by atoms with Crippen LogP contribution in [0.15, 0.2) is 213 Å². The number of carbonyl (C=O) groups is 5. The van der Waals surface area contributed by atoms with Crippen molar-refractivity contribution in [2.45, 2.75) is 161 Å². The number of fused-ring (bicyclic) bond motifs is 1. The average molecular weight is 1240 g/mol. The molecule has 1 aliphatic rings. The van der Waals surface area contributed by atoms with Crippen molar-refractivity contribution in [3.63, 3.8) is 0 Å². The van der Waals surface area contributed by atoms with Crippen molar-refractivity contribution in [3.8, 4) is 21.9 Å². The molecule has 0 spiro atoms. The number of ketones is 1. The number of amides is 2. The maximum absolute atomic E-state index is 14.7. The van der Waals surface area contributed by atoms with E-state index >= 15 is 0 Å². The third-order valence-corrected chi connectivity index (χ3v) is 15.8. The van der Waals surface area contributed by atoms with Crippen LogP contribution in [-0.2, 0) is 25.6 Å². The highest BCUT2D eigenvalue weighted by Gasteiger charge is 2.25. The van der Waals surface area contributed by atoms with Crippen LogP contribution in [0.2, 0.25) is 0 Å². The number of benzene rings is 3. The van der Waals surface area contributed by atoms with E-state index in [9.17, 15) is 29.1 Å². The monoisotopic (exact) mass is 1240 g/mol. The smallest absolute Gasteiger partial charge is 0.333 e. The van der Waals surface area contributed by atoms with Gasteiger partial charge in [0.15, 0.2) is 5.78 Å². The molecule has 4 aromatic rings. The van der Waals surface area contributed by atoms with Gasteiger partial charge < -0.3 is 25.2 Å². The molecule has 1 aromatic heterocycles. The summed E-state index contributed by atoms with van der Waals surface area (Å²) >= 11 is 1.37. The number of rotatable bonds is 42. The molecule has 0 saturated carbocycles. The van der Waals surface area contributed by atoms with Crippen molar-refractivity contribution < 1.29 is 38.6 Å². The van der Waals surface area contributed by atoms with E-state index in [1.165, 1.54) is 30.6 Å². The molecular formula is C78H97N3O8S. The molecule has 0 unspecified atom stereocenters. The molecule has 2 heterocycles. The van der Waals surface area contributed by atoms with E-state index in [1.807, 2.05) is 60.7 Å². The zero-order chi connectivity index (χ0) is 64.1. The largest absolute Gasteiger partial charge is 0.492 e. The predicted molar refractivity (Wildman–Crippen MR) is 374 cm³/mol. The Balaban J connectivity index is 1.14. The summed E-state index contributed by atoms with van der Waals surface area (Å²) in [5.41, 5.74) is 2.36. The fraction of sp³-hybridized carbons (Fsp3) is 0.372. The van der Waals surface area contributed by atoms with Crippen LogP contribution in [0, 0.1) is 0 Å². The van der Waals surface area contributed by atoms with Gasteiger partial charge in [0.1, 0.15) is 30.2 Å². The Hall–Kier alpha value is -8.19. The molecule has 11 nitrogen and oxygen atoms in total. The number of piperidine rings is 1. The van der Waals surface area contributed by atoms with Crippen molar-refractivity contribution in [3.05, 3.63) is 229 Å². The highest BCUT2D eigenvalue weighted by Crippen LogP contribution is 2.42. The number of likely N-dealkylation sites (tertiary alicyclic amines) is 1. The lowest BCUT2D eigenvalue weighted by Crippen LogP contribution is -2.42. The molecule has 2 atom stereocenters. The topological polar surface area (TPSA) is 151 Å². The van der Waals surface area contributed by atoms with Gasteiger partial charge in [-0.2, -0.15) is 0 Å². The van der Waals surface area contributed by atoms with Crippen LogP contribution in [0.25, 0.3) is 20.5 Å². The summed E-state index contributed by atoms with van der Waals surface area (Å²) in [4.78, 5) is 69.4. The van der Waals surface area contributed by atoms with Crippen LogP contribution in [0.1, 0.15) is 164 Å². The molecule has 0 aliphatic carbocycles. The van der Waals surface area contributed by atoms with E-state index in [0.29, 0.717) is 56.9 Å². The Labute approximate surface area is 540 Å². The second-order valence-corrected chi connectivity index (χ2v) is 23.1. The van der Waals surface area contributed by atoms with Crippen LogP contribution in [0.4, 0.5) is 0 Å². The number of nitrogens with zero attached hydrogens (tertiary/aromatic N) is 1. The van der Waals surface area contributed by atoms with Gasteiger partial charge in [0, 0.05) is 51.9 Å². The number of carboxylic acid groups (broad SMARTS) is 1. The van der Waals surface area contributed by atoms with Crippen LogP contribution in [0.5, 0.6) is 11.5 Å². The number of nitrogens with one attached hydrogen (secondary N) is 2. The zero-order valence-corrected chi connectivity index (χ0v) is 54.3. The number of thiophene rings is 1. The molecule has 5 rings (SSSR count). The van der Waals surface area contributed by atoms with E-state index in [2.05, 4.69) is 151 Å². The molecule has 3 aromatic carbocycles. The predicted octanol–water partition coefficient (Wildman–Crippen LogP) is 18.1. The van der Waals surface area contributed by atoms with E-state index < -0.39 is 24.0 Å². The number of hydrogen-bond donors (Lipinski definition) is 3. The lowest BCUT2D eigenvalue weighted by molar-refractivity contribution is -0.141. The third-order valence-electron chi connectivity index (χ3n) is 14.6. The van der Waals surface area contributed by atoms with Crippen LogP contribution < -0.4 is 20.1 Å². The number of carbonyl (C=O) groups excluding carboxylic acids is 4. The van der Waals surface area contributed by atoms with Crippen LogP contribution in [0.3, 0.4) is 0 Å². The molecule has 3 N–H and O–H groups in total. The Bertz CT molecular complexity index is 3180. The zero-order valence-electron chi connectivity index (χ0n) is 53.5. The summed E-state index contributed by atoms with van der Waals surface area (Å²) in [6, 6.07) is 17.6. The standard InChI is InChI=1S/C78H97N3O8S/c1-4-6-8-10-12-14-16-18-20-22-24-26-28-30-32-34-36-38-41-45-72(82)79-63(3)78(87)89-68-55-56-69-71(62-68)90-76(74(69)75(84)65-51-53-67(54-52-65)88-60-59-81-57-43-40-44-58-81)66-49-47-64(48-50-66)61-70(77(85)86)80-73(83)46-42-39-37-35-33-31-29-27-25-23-21-19-17-15-13-11-9-7-5-2/h6-9,12-15,18-21,24-27,30-33,36-39,47-56,62-63,70H,4-5,10-11,16-17,22-23,28-29,34-35,40-46,57-61H2,1-3H3,(H,79,82)(H,80,83)(H,85,86)/b8-6-,9-7-,14-12-,15-13-,20-18-,21-19-,26-24-,27-25-,32-30-,33-31-,38-36-,39-37-/t63-,70-/m0/s1. The molecule has 1 saturated heterocycles. The minimum absolute atomic E-state index is 0.0585. The van der Waals surface area contributed by atoms with Crippen molar-refractivity contribution in [2.24, 2.45) is 0 Å². The maximum Gasteiger partial charge on any atom is 0.333 e. The molecule has 0 bridgehead atoms. The summed E-state index contributed by atoms with van der Waals surface area (Å²) < 4.78 is 12.6. The van der Waals surface area contributed by atoms with Gasteiger partial charge in [-0.1, -0.05) is 190 Å².